The summed E-state index contributed by atoms with van der Waals surface area (Å²) in [7, 11) is 1.53. The maximum Gasteiger partial charge on any atom is 0.454 e. The van der Waals surface area contributed by atoms with Crippen LogP contribution in [-0.4, -0.2) is 12.1 Å². The van der Waals surface area contributed by atoms with E-state index in [0.717, 1.165) is 11.1 Å². The number of methoxy groups -OCH3 is 1. The van der Waals surface area contributed by atoms with Crippen molar-refractivity contribution in [3.05, 3.63) is 107 Å². The molecule has 1 heterocycles. The summed E-state index contributed by atoms with van der Waals surface area (Å²) in [6.07, 6.45) is -4.02. The lowest BCUT2D eigenvalue weighted by Crippen LogP contribution is -2.21. The summed E-state index contributed by atoms with van der Waals surface area (Å²) >= 11 is 0.644. The van der Waals surface area contributed by atoms with Gasteiger partial charge in [0.25, 0.3) is 0 Å². The average Bonchev–Trinajstić information content (AvgIpc) is 3.32. The largest absolute Gasteiger partial charge is 0.454 e. The summed E-state index contributed by atoms with van der Waals surface area (Å²) in [5.74, 6) is -6.34. The van der Waals surface area contributed by atoms with E-state index in [4.69, 9.17) is 4.74 Å². The van der Waals surface area contributed by atoms with Crippen LogP contribution in [0.4, 0.5) is 26.3 Å². The fraction of sp³-hybridized carbons (Fsp3) is 0.107. The number of benzene rings is 4. The molecule has 5 rings (SSSR count). The second-order valence-electron chi connectivity index (χ2n) is 8.35. The summed E-state index contributed by atoms with van der Waals surface area (Å²) < 4.78 is 93.8. The molecule has 0 saturated heterocycles. The second-order valence-corrected chi connectivity index (χ2v) is 9.38. The molecule has 10 heteroatoms. The van der Waals surface area contributed by atoms with Crippen molar-refractivity contribution in [3.8, 4) is 28.0 Å². The van der Waals surface area contributed by atoms with Crippen molar-refractivity contribution in [1.82, 2.24) is 4.98 Å². The molecule has 0 spiro atoms. The van der Waals surface area contributed by atoms with E-state index in [0.29, 0.717) is 51.5 Å². The van der Waals surface area contributed by atoms with Gasteiger partial charge in [0, 0.05) is 24.8 Å². The van der Waals surface area contributed by atoms with Crippen LogP contribution in [0.5, 0.6) is 5.75 Å². The average molecular weight is 546 g/mol. The molecule has 0 aliphatic rings. The Morgan fingerprint density at radius 2 is 1.42 bits per heavy atom. The maximum atomic E-state index is 14.7. The van der Waals surface area contributed by atoms with Crippen LogP contribution in [0.1, 0.15) is 10.6 Å². The highest BCUT2D eigenvalue weighted by atomic mass is 32.1. The third kappa shape index (κ3) is 5.09. The van der Waals surface area contributed by atoms with Gasteiger partial charge in [0.2, 0.25) is 5.01 Å². The molecule has 38 heavy (non-hydrogen) atoms. The van der Waals surface area contributed by atoms with E-state index in [-0.39, 0.29) is 11.3 Å². The Morgan fingerprint density at radius 3 is 2.08 bits per heavy atom. The monoisotopic (exact) mass is 545 g/mol. The third-order valence-electron chi connectivity index (χ3n) is 5.71. The number of hydrogen-bond acceptors (Lipinski definition) is 4. The molecule has 0 unspecified atom stereocenters. The van der Waals surface area contributed by atoms with Gasteiger partial charge in [0.05, 0.1) is 16.8 Å². The van der Waals surface area contributed by atoms with Crippen LogP contribution in [0.2, 0.25) is 0 Å². The number of alkyl halides is 2. The SMILES string of the molecule is COCc1ccc(-c2ccc(-c3ccc4nc(C(F)(F)Oc5cc(F)c(F)c(F)c5)sc4c3)cc2)c(F)c1. The van der Waals surface area contributed by atoms with E-state index in [1.54, 1.807) is 54.6 Å². The molecule has 0 saturated carbocycles. The van der Waals surface area contributed by atoms with Gasteiger partial charge in [-0.05, 0) is 40.5 Å². The molecule has 0 N–H and O–H groups in total. The topological polar surface area (TPSA) is 31.4 Å². The molecular weight excluding hydrogens is 528 g/mol. The van der Waals surface area contributed by atoms with Crippen molar-refractivity contribution in [2.45, 2.75) is 12.7 Å². The molecule has 0 aliphatic heterocycles. The molecule has 3 nitrogen and oxygen atoms in total. The molecule has 4 aromatic carbocycles. The summed E-state index contributed by atoms with van der Waals surface area (Å²) in [4.78, 5) is 3.89. The molecule has 1 aromatic heterocycles. The standard InChI is InChI=1S/C28H17F6NO2S/c1-36-14-15-2-8-20(21(29)10-15)17-5-3-16(4-6-17)18-7-9-24-25(11-18)38-27(35-24)28(33,34)37-19-12-22(30)26(32)23(31)13-19/h2-13H,14H2,1H3. The Bertz CT molecular complexity index is 1610. The number of aromatic nitrogens is 1. The van der Waals surface area contributed by atoms with Gasteiger partial charge >= 0.3 is 6.11 Å². The predicted molar refractivity (Wildman–Crippen MR) is 132 cm³/mol. The van der Waals surface area contributed by atoms with Crippen molar-refractivity contribution < 1.29 is 35.8 Å². The van der Waals surface area contributed by atoms with Gasteiger partial charge in [0.15, 0.2) is 17.5 Å². The number of ether oxygens (including phenoxy) is 2. The van der Waals surface area contributed by atoms with Crippen molar-refractivity contribution in [3.63, 3.8) is 0 Å². The zero-order chi connectivity index (χ0) is 27.0. The van der Waals surface area contributed by atoms with Crippen LogP contribution in [0.25, 0.3) is 32.5 Å². The van der Waals surface area contributed by atoms with Gasteiger partial charge in [-0.1, -0.05) is 42.5 Å². The Balaban J connectivity index is 1.39. The molecule has 0 aliphatic carbocycles. The summed E-state index contributed by atoms with van der Waals surface area (Å²) in [6, 6.07) is 17.6. The number of rotatable bonds is 7. The van der Waals surface area contributed by atoms with E-state index in [1.165, 1.54) is 13.2 Å². The third-order valence-corrected chi connectivity index (χ3v) is 6.78. The number of thiazole rings is 1. The zero-order valence-electron chi connectivity index (χ0n) is 19.6. The first kappa shape index (κ1) is 25.7. The van der Waals surface area contributed by atoms with Gasteiger partial charge in [-0.15, -0.1) is 11.3 Å². The molecular formula is C28H17F6NO2S. The fourth-order valence-corrected chi connectivity index (χ4v) is 4.82. The smallest absolute Gasteiger partial charge is 0.427 e. The molecule has 0 bridgehead atoms. The molecule has 0 fully saturated rings. The minimum atomic E-state index is -4.02. The highest BCUT2D eigenvalue weighted by Crippen LogP contribution is 2.38. The highest BCUT2D eigenvalue weighted by molar-refractivity contribution is 7.18. The quantitative estimate of drug-likeness (QED) is 0.152. The molecule has 0 atom stereocenters. The summed E-state index contributed by atoms with van der Waals surface area (Å²) in [6.45, 7) is 0.305. The van der Waals surface area contributed by atoms with Crippen LogP contribution in [-0.2, 0) is 17.5 Å². The lowest BCUT2D eigenvalue weighted by Gasteiger charge is -2.15. The van der Waals surface area contributed by atoms with Gasteiger partial charge in [-0.3, -0.25) is 0 Å². The predicted octanol–water partition coefficient (Wildman–Crippen LogP) is 8.46. The van der Waals surface area contributed by atoms with E-state index >= 15 is 0 Å². The first-order chi connectivity index (χ1) is 18.1. The van der Waals surface area contributed by atoms with Crippen molar-refractivity contribution in [2.24, 2.45) is 0 Å². The van der Waals surface area contributed by atoms with E-state index in [2.05, 4.69) is 9.72 Å². The van der Waals surface area contributed by atoms with Gasteiger partial charge < -0.3 is 9.47 Å². The lowest BCUT2D eigenvalue weighted by molar-refractivity contribution is -0.185. The maximum absolute atomic E-state index is 14.7. The van der Waals surface area contributed by atoms with Crippen LogP contribution in [0.3, 0.4) is 0 Å². The highest BCUT2D eigenvalue weighted by Gasteiger charge is 2.39. The van der Waals surface area contributed by atoms with Crippen LogP contribution in [0, 0.1) is 23.3 Å². The van der Waals surface area contributed by atoms with Crippen LogP contribution < -0.4 is 4.74 Å². The number of nitrogens with zero attached hydrogens (tertiary/aromatic N) is 1. The van der Waals surface area contributed by atoms with Crippen molar-refractivity contribution in [1.29, 1.82) is 0 Å². The number of fused-ring (bicyclic) bond motifs is 1. The minimum absolute atomic E-state index is 0.267. The van der Waals surface area contributed by atoms with Gasteiger partial charge in [0.1, 0.15) is 11.6 Å². The summed E-state index contributed by atoms with van der Waals surface area (Å²) in [5.41, 5.74) is 3.56. The van der Waals surface area contributed by atoms with Crippen LogP contribution >= 0.6 is 11.3 Å². The number of hydrogen-bond donors (Lipinski definition) is 0. The summed E-state index contributed by atoms with van der Waals surface area (Å²) in [5, 5.41) is -0.738. The normalized spacial score (nSPS) is 11.8. The van der Waals surface area contributed by atoms with E-state index in [9.17, 15) is 26.3 Å². The first-order valence-corrected chi connectivity index (χ1v) is 12.0. The molecule has 194 valence electrons. The zero-order valence-corrected chi connectivity index (χ0v) is 20.4. The Hall–Kier alpha value is -3.89. The van der Waals surface area contributed by atoms with Crippen molar-refractivity contribution >= 4 is 21.6 Å². The Labute approximate surface area is 216 Å². The molecule has 0 amide bonds. The fourth-order valence-electron chi connectivity index (χ4n) is 3.90. The molecule has 0 radical (unpaired) electrons. The Morgan fingerprint density at radius 1 is 0.763 bits per heavy atom. The van der Waals surface area contributed by atoms with Gasteiger partial charge in [-0.2, -0.15) is 8.78 Å². The Kier molecular flexibility index (Phi) is 6.85. The van der Waals surface area contributed by atoms with E-state index in [1.807, 2.05) is 0 Å². The second kappa shape index (κ2) is 10.1. The van der Waals surface area contributed by atoms with E-state index < -0.39 is 34.3 Å². The minimum Gasteiger partial charge on any atom is -0.427 e. The van der Waals surface area contributed by atoms with Crippen molar-refractivity contribution in [2.75, 3.05) is 7.11 Å². The van der Waals surface area contributed by atoms with Crippen LogP contribution in [0.15, 0.2) is 72.8 Å². The lowest BCUT2D eigenvalue weighted by atomic mass is 9.99. The van der Waals surface area contributed by atoms with Gasteiger partial charge in [-0.25, -0.2) is 22.5 Å². The number of halogens is 6. The molecule has 5 aromatic rings. The first-order valence-electron chi connectivity index (χ1n) is 11.2.